The van der Waals surface area contributed by atoms with Gasteiger partial charge in [-0.05, 0) is 63.5 Å². The van der Waals surface area contributed by atoms with Gasteiger partial charge < -0.3 is 5.32 Å². The second-order valence-electron chi connectivity index (χ2n) is 7.47. The average molecular weight is 266 g/mol. The molecular formula is C17H34N2. The first-order valence-corrected chi connectivity index (χ1v) is 8.48. The Bertz CT molecular complexity index is 266. The lowest BCUT2D eigenvalue weighted by Gasteiger charge is -2.44. The Morgan fingerprint density at radius 3 is 2.37 bits per heavy atom. The van der Waals surface area contributed by atoms with Crippen molar-refractivity contribution in [1.29, 1.82) is 0 Å². The van der Waals surface area contributed by atoms with Gasteiger partial charge in [-0.2, -0.15) is 0 Å². The molecule has 2 aliphatic rings. The summed E-state index contributed by atoms with van der Waals surface area (Å²) in [7, 11) is 2.12. The Hall–Kier alpha value is -0.0800. The molecule has 0 radical (unpaired) electrons. The van der Waals surface area contributed by atoms with Crippen LogP contribution in [0.15, 0.2) is 0 Å². The van der Waals surface area contributed by atoms with E-state index in [0.717, 1.165) is 18.0 Å². The molecule has 2 fully saturated rings. The average Bonchev–Trinajstić information content (AvgIpc) is 2.47. The minimum absolute atomic E-state index is 0.556. The molecule has 112 valence electrons. The van der Waals surface area contributed by atoms with Crippen molar-refractivity contribution in [3.8, 4) is 0 Å². The van der Waals surface area contributed by atoms with Gasteiger partial charge in [0.05, 0.1) is 0 Å². The van der Waals surface area contributed by atoms with E-state index in [1.54, 1.807) is 0 Å². The Kier molecular flexibility index (Phi) is 5.30. The molecule has 2 heteroatoms. The highest BCUT2D eigenvalue weighted by molar-refractivity contribution is 4.88. The summed E-state index contributed by atoms with van der Waals surface area (Å²) in [6.07, 6.45) is 9.85. The highest BCUT2D eigenvalue weighted by atomic mass is 15.2. The van der Waals surface area contributed by atoms with E-state index in [2.05, 4.69) is 38.0 Å². The number of nitrogens with zero attached hydrogens (tertiary/aromatic N) is 1. The number of likely N-dealkylation sites (tertiary alicyclic amines) is 1. The molecular weight excluding hydrogens is 232 g/mol. The molecule has 1 heterocycles. The highest BCUT2D eigenvalue weighted by Gasteiger charge is 2.34. The number of rotatable bonds is 4. The van der Waals surface area contributed by atoms with Crippen molar-refractivity contribution in [3.05, 3.63) is 0 Å². The molecule has 1 N–H and O–H groups in total. The largest absolute Gasteiger partial charge is 0.316 e. The van der Waals surface area contributed by atoms with Crippen molar-refractivity contribution in [1.82, 2.24) is 10.2 Å². The Morgan fingerprint density at radius 1 is 1.11 bits per heavy atom. The molecule has 0 aromatic carbocycles. The molecule has 0 aromatic heterocycles. The number of piperidine rings is 1. The second kappa shape index (κ2) is 6.58. The first kappa shape index (κ1) is 15.3. The van der Waals surface area contributed by atoms with Gasteiger partial charge in [0.15, 0.2) is 0 Å². The van der Waals surface area contributed by atoms with Crippen molar-refractivity contribution in [2.24, 2.45) is 11.3 Å². The normalized spacial score (nSPS) is 34.4. The molecule has 0 spiro atoms. The fourth-order valence-corrected chi connectivity index (χ4v) is 4.08. The zero-order chi connectivity index (χ0) is 13.9. The van der Waals surface area contributed by atoms with Crippen molar-refractivity contribution in [2.75, 3.05) is 20.1 Å². The Balaban J connectivity index is 1.83. The third-order valence-corrected chi connectivity index (χ3v) is 6.09. The van der Waals surface area contributed by atoms with Gasteiger partial charge in [-0.1, -0.05) is 27.2 Å². The minimum Gasteiger partial charge on any atom is -0.316 e. The molecule has 1 aliphatic heterocycles. The summed E-state index contributed by atoms with van der Waals surface area (Å²) in [6, 6.07) is 1.61. The van der Waals surface area contributed by atoms with Gasteiger partial charge in [0.1, 0.15) is 0 Å². The van der Waals surface area contributed by atoms with Gasteiger partial charge in [0.25, 0.3) is 0 Å². The summed E-state index contributed by atoms with van der Waals surface area (Å²) in [6.45, 7) is 9.91. The number of hydrogen-bond acceptors (Lipinski definition) is 2. The molecule has 19 heavy (non-hydrogen) atoms. The van der Waals surface area contributed by atoms with Crippen LogP contribution < -0.4 is 5.32 Å². The van der Waals surface area contributed by atoms with Crippen LogP contribution in [0.2, 0.25) is 0 Å². The SMILES string of the molecule is CCC(C)(C)C1CCC(N2CCCC(NC)C2)CC1. The standard InChI is InChI=1S/C17H34N2/c1-5-17(2,3)14-8-10-16(11-9-14)19-12-6-7-15(13-19)18-4/h14-16,18H,5-13H2,1-4H3. The first-order chi connectivity index (χ1) is 9.06. The van der Waals surface area contributed by atoms with E-state index >= 15 is 0 Å². The maximum atomic E-state index is 3.47. The lowest BCUT2D eigenvalue weighted by atomic mass is 9.68. The van der Waals surface area contributed by atoms with Gasteiger partial charge in [0, 0.05) is 18.6 Å². The molecule has 0 aromatic rings. The Morgan fingerprint density at radius 2 is 1.79 bits per heavy atom. The first-order valence-electron chi connectivity index (χ1n) is 8.48. The Labute approximate surface area is 120 Å². The monoisotopic (exact) mass is 266 g/mol. The quantitative estimate of drug-likeness (QED) is 0.835. The summed E-state index contributed by atoms with van der Waals surface area (Å²) < 4.78 is 0. The van der Waals surface area contributed by atoms with Crippen LogP contribution in [0.5, 0.6) is 0 Å². The van der Waals surface area contributed by atoms with Gasteiger partial charge in [-0.25, -0.2) is 0 Å². The molecule has 1 unspecified atom stereocenters. The lowest BCUT2D eigenvalue weighted by Crippen LogP contribution is -2.50. The second-order valence-corrected chi connectivity index (χ2v) is 7.47. The molecule has 1 atom stereocenters. The van der Waals surface area contributed by atoms with E-state index in [1.807, 2.05) is 0 Å². The lowest BCUT2D eigenvalue weighted by molar-refractivity contribution is 0.0663. The molecule has 2 rings (SSSR count). The highest BCUT2D eigenvalue weighted by Crippen LogP contribution is 2.41. The topological polar surface area (TPSA) is 15.3 Å². The van der Waals surface area contributed by atoms with E-state index in [9.17, 15) is 0 Å². The van der Waals surface area contributed by atoms with E-state index < -0.39 is 0 Å². The molecule has 0 bridgehead atoms. The van der Waals surface area contributed by atoms with Gasteiger partial charge in [-0.15, -0.1) is 0 Å². The van der Waals surface area contributed by atoms with E-state index in [-0.39, 0.29) is 0 Å². The third-order valence-electron chi connectivity index (χ3n) is 6.09. The van der Waals surface area contributed by atoms with Crippen LogP contribution in [0.4, 0.5) is 0 Å². The van der Waals surface area contributed by atoms with Crippen molar-refractivity contribution in [3.63, 3.8) is 0 Å². The van der Waals surface area contributed by atoms with Crippen molar-refractivity contribution < 1.29 is 0 Å². The minimum atomic E-state index is 0.556. The van der Waals surface area contributed by atoms with Crippen molar-refractivity contribution in [2.45, 2.75) is 77.8 Å². The fourth-order valence-electron chi connectivity index (χ4n) is 4.08. The number of likely N-dealkylation sites (N-methyl/N-ethyl adjacent to an activating group) is 1. The maximum absolute atomic E-state index is 3.47. The van der Waals surface area contributed by atoms with Crippen LogP contribution in [-0.4, -0.2) is 37.1 Å². The van der Waals surface area contributed by atoms with E-state index in [0.29, 0.717) is 5.41 Å². The van der Waals surface area contributed by atoms with Crippen LogP contribution in [0.25, 0.3) is 0 Å². The summed E-state index contributed by atoms with van der Waals surface area (Å²) in [5.41, 5.74) is 0.556. The number of nitrogens with one attached hydrogen (secondary N) is 1. The third kappa shape index (κ3) is 3.72. The van der Waals surface area contributed by atoms with Gasteiger partial charge in [0.2, 0.25) is 0 Å². The molecule has 2 nitrogen and oxygen atoms in total. The van der Waals surface area contributed by atoms with Gasteiger partial charge >= 0.3 is 0 Å². The molecule has 1 saturated carbocycles. The molecule has 0 amide bonds. The van der Waals surface area contributed by atoms with E-state index in [4.69, 9.17) is 0 Å². The van der Waals surface area contributed by atoms with Crippen LogP contribution in [-0.2, 0) is 0 Å². The summed E-state index contributed by atoms with van der Waals surface area (Å²) >= 11 is 0. The summed E-state index contributed by atoms with van der Waals surface area (Å²) in [5.74, 6) is 0.957. The van der Waals surface area contributed by atoms with Gasteiger partial charge in [-0.3, -0.25) is 4.90 Å². The fraction of sp³-hybridized carbons (Fsp3) is 1.00. The van der Waals surface area contributed by atoms with E-state index in [1.165, 1.54) is 58.0 Å². The zero-order valence-corrected chi connectivity index (χ0v) is 13.5. The van der Waals surface area contributed by atoms with Crippen molar-refractivity contribution >= 4 is 0 Å². The molecule has 1 aliphatic carbocycles. The van der Waals surface area contributed by atoms with Crippen LogP contribution in [0.3, 0.4) is 0 Å². The zero-order valence-electron chi connectivity index (χ0n) is 13.5. The summed E-state index contributed by atoms with van der Waals surface area (Å²) in [4.78, 5) is 2.78. The number of hydrogen-bond donors (Lipinski definition) is 1. The molecule has 1 saturated heterocycles. The van der Waals surface area contributed by atoms with Crippen LogP contribution >= 0.6 is 0 Å². The van der Waals surface area contributed by atoms with Crippen LogP contribution in [0.1, 0.15) is 65.7 Å². The summed E-state index contributed by atoms with van der Waals surface area (Å²) in [5, 5.41) is 3.47. The predicted octanol–water partition coefficient (Wildman–Crippen LogP) is 3.67. The van der Waals surface area contributed by atoms with Crippen LogP contribution in [0, 0.1) is 11.3 Å². The smallest absolute Gasteiger partial charge is 0.0192 e. The predicted molar refractivity (Wildman–Crippen MR) is 83.5 cm³/mol. The maximum Gasteiger partial charge on any atom is 0.0192 e.